The Hall–Kier alpha value is -0.830. The molecule has 0 aromatic carbocycles. The number of carbonyl (C=O) groups excluding carboxylic acids is 1. The highest BCUT2D eigenvalue weighted by Gasteiger charge is 2.02. The van der Waals surface area contributed by atoms with Crippen LogP contribution in [0.1, 0.15) is 10.4 Å². The molecular formula is C8H9NOS. The van der Waals surface area contributed by atoms with E-state index in [1.165, 1.54) is 11.8 Å². The second-order valence-corrected chi connectivity index (χ2v) is 2.96. The van der Waals surface area contributed by atoms with Crippen molar-refractivity contribution < 1.29 is 4.79 Å². The predicted molar refractivity (Wildman–Crippen MR) is 46.9 cm³/mol. The summed E-state index contributed by atoms with van der Waals surface area (Å²) in [5, 5.41) is 0. The van der Waals surface area contributed by atoms with E-state index in [4.69, 9.17) is 0 Å². The van der Waals surface area contributed by atoms with Gasteiger partial charge < -0.3 is 0 Å². The number of pyridine rings is 1. The van der Waals surface area contributed by atoms with Crippen LogP contribution in [-0.4, -0.2) is 22.8 Å². The van der Waals surface area contributed by atoms with Crippen LogP contribution in [0.4, 0.5) is 0 Å². The second-order valence-electron chi connectivity index (χ2n) is 2.10. The first-order valence-electron chi connectivity index (χ1n) is 3.27. The molecule has 1 aromatic rings. The molecule has 0 saturated carbocycles. The molecule has 1 rings (SSSR count). The van der Waals surface area contributed by atoms with Crippen molar-refractivity contribution in [1.82, 2.24) is 4.98 Å². The van der Waals surface area contributed by atoms with Gasteiger partial charge in [0, 0.05) is 18.0 Å². The van der Waals surface area contributed by atoms with E-state index in [9.17, 15) is 4.79 Å². The van der Waals surface area contributed by atoms with Gasteiger partial charge in [-0.15, -0.1) is 0 Å². The van der Waals surface area contributed by atoms with Crippen LogP contribution in [0.15, 0.2) is 24.5 Å². The average molecular weight is 167 g/mol. The highest BCUT2D eigenvalue weighted by atomic mass is 32.2. The van der Waals surface area contributed by atoms with Gasteiger partial charge in [0.25, 0.3) is 0 Å². The van der Waals surface area contributed by atoms with Gasteiger partial charge in [-0.1, -0.05) is 0 Å². The van der Waals surface area contributed by atoms with Gasteiger partial charge in [-0.2, -0.15) is 11.8 Å². The van der Waals surface area contributed by atoms with E-state index in [0.717, 1.165) is 0 Å². The summed E-state index contributed by atoms with van der Waals surface area (Å²) < 4.78 is 0. The smallest absolute Gasteiger partial charge is 0.174 e. The number of aromatic nitrogens is 1. The summed E-state index contributed by atoms with van der Waals surface area (Å²) in [6.07, 6.45) is 5.17. The Labute approximate surface area is 70.0 Å². The number of ketones is 1. The Bertz CT molecular complexity index is 235. The van der Waals surface area contributed by atoms with Gasteiger partial charge in [-0.3, -0.25) is 9.78 Å². The van der Waals surface area contributed by atoms with Gasteiger partial charge in [-0.05, 0) is 18.4 Å². The van der Waals surface area contributed by atoms with Crippen LogP contribution in [0.5, 0.6) is 0 Å². The highest BCUT2D eigenvalue weighted by Crippen LogP contribution is 2.02. The van der Waals surface area contributed by atoms with Crippen molar-refractivity contribution in [3.05, 3.63) is 30.1 Å². The molecule has 0 saturated heterocycles. The standard InChI is InChI=1S/C8H9NOS/c1-11-6-8(10)7-3-2-4-9-5-7/h2-5H,6H2,1H3. The summed E-state index contributed by atoms with van der Waals surface area (Å²) in [5.41, 5.74) is 0.696. The summed E-state index contributed by atoms with van der Waals surface area (Å²) in [7, 11) is 0. The third-order valence-electron chi connectivity index (χ3n) is 1.26. The number of hydrogen-bond acceptors (Lipinski definition) is 3. The van der Waals surface area contributed by atoms with E-state index < -0.39 is 0 Å². The van der Waals surface area contributed by atoms with Crippen molar-refractivity contribution in [1.29, 1.82) is 0 Å². The molecule has 2 nitrogen and oxygen atoms in total. The monoisotopic (exact) mass is 167 g/mol. The van der Waals surface area contributed by atoms with E-state index in [1.54, 1.807) is 24.5 Å². The normalized spacial score (nSPS) is 9.55. The molecule has 0 amide bonds. The molecule has 0 fully saturated rings. The van der Waals surface area contributed by atoms with Gasteiger partial charge in [0.1, 0.15) is 0 Å². The Morgan fingerprint density at radius 3 is 3.09 bits per heavy atom. The zero-order valence-electron chi connectivity index (χ0n) is 6.28. The Morgan fingerprint density at radius 1 is 1.73 bits per heavy atom. The first-order valence-corrected chi connectivity index (χ1v) is 4.66. The average Bonchev–Trinajstić information content (AvgIpc) is 2.07. The minimum atomic E-state index is 0.144. The van der Waals surface area contributed by atoms with Crippen molar-refractivity contribution in [2.24, 2.45) is 0 Å². The molecule has 11 heavy (non-hydrogen) atoms. The maximum absolute atomic E-state index is 11.2. The lowest BCUT2D eigenvalue weighted by Crippen LogP contribution is -2.01. The summed E-state index contributed by atoms with van der Waals surface area (Å²) in [6.45, 7) is 0. The van der Waals surface area contributed by atoms with Crippen LogP contribution in [0.2, 0.25) is 0 Å². The van der Waals surface area contributed by atoms with Crippen LogP contribution >= 0.6 is 11.8 Å². The van der Waals surface area contributed by atoms with E-state index >= 15 is 0 Å². The second kappa shape index (κ2) is 4.13. The lowest BCUT2D eigenvalue weighted by atomic mass is 10.2. The molecule has 0 aliphatic heterocycles. The van der Waals surface area contributed by atoms with Gasteiger partial charge in [0.2, 0.25) is 0 Å². The molecular weight excluding hydrogens is 158 g/mol. The number of hydrogen-bond donors (Lipinski definition) is 0. The molecule has 0 unspecified atom stereocenters. The summed E-state index contributed by atoms with van der Waals surface area (Å²) in [5.74, 6) is 0.678. The summed E-state index contributed by atoms with van der Waals surface area (Å²) in [4.78, 5) is 15.0. The minimum Gasteiger partial charge on any atom is -0.293 e. The maximum atomic E-state index is 11.2. The molecule has 0 aliphatic carbocycles. The Morgan fingerprint density at radius 2 is 2.55 bits per heavy atom. The molecule has 0 bridgehead atoms. The molecule has 1 aromatic heterocycles. The molecule has 0 spiro atoms. The van der Waals surface area contributed by atoms with Gasteiger partial charge in [-0.25, -0.2) is 0 Å². The van der Waals surface area contributed by atoms with Crippen LogP contribution in [0.3, 0.4) is 0 Å². The van der Waals surface area contributed by atoms with Crippen molar-refractivity contribution in [3.63, 3.8) is 0 Å². The predicted octanol–water partition coefficient (Wildman–Crippen LogP) is 1.63. The van der Waals surface area contributed by atoms with E-state index in [0.29, 0.717) is 11.3 Å². The van der Waals surface area contributed by atoms with Crippen molar-refractivity contribution in [3.8, 4) is 0 Å². The lowest BCUT2D eigenvalue weighted by Gasteiger charge is -1.95. The van der Waals surface area contributed by atoms with E-state index in [1.807, 2.05) is 6.26 Å². The fourth-order valence-corrected chi connectivity index (χ4v) is 1.17. The van der Waals surface area contributed by atoms with E-state index in [-0.39, 0.29) is 5.78 Å². The maximum Gasteiger partial charge on any atom is 0.174 e. The number of Topliss-reactive ketones (excluding diaryl/α,β-unsaturated/α-hetero) is 1. The van der Waals surface area contributed by atoms with E-state index in [2.05, 4.69) is 4.98 Å². The number of nitrogens with zero attached hydrogens (tertiary/aromatic N) is 1. The minimum absolute atomic E-state index is 0.144. The zero-order chi connectivity index (χ0) is 8.10. The fourth-order valence-electron chi connectivity index (χ4n) is 0.742. The zero-order valence-corrected chi connectivity index (χ0v) is 7.10. The fraction of sp³-hybridized carbons (Fsp3) is 0.250. The topological polar surface area (TPSA) is 30.0 Å². The molecule has 58 valence electrons. The third-order valence-corrected chi connectivity index (χ3v) is 1.81. The van der Waals surface area contributed by atoms with Crippen molar-refractivity contribution in [2.75, 3.05) is 12.0 Å². The molecule has 0 atom stereocenters. The number of thioether (sulfide) groups is 1. The highest BCUT2D eigenvalue weighted by molar-refractivity contribution is 7.99. The Balaban J connectivity index is 2.69. The van der Waals surface area contributed by atoms with Gasteiger partial charge >= 0.3 is 0 Å². The van der Waals surface area contributed by atoms with Crippen LogP contribution < -0.4 is 0 Å². The van der Waals surface area contributed by atoms with Crippen molar-refractivity contribution in [2.45, 2.75) is 0 Å². The molecule has 0 aliphatic rings. The Kier molecular flexibility index (Phi) is 3.11. The number of rotatable bonds is 3. The first-order chi connectivity index (χ1) is 5.34. The quantitative estimate of drug-likeness (QED) is 0.641. The van der Waals surface area contributed by atoms with Crippen molar-refractivity contribution >= 4 is 17.5 Å². The molecule has 3 heteroatoms. The number of carbonyl (C=O) groups is 1. The van der Waals surface area contributed by atoms with Gasteiger partial charge in [0.15, 0.2) is 5.78 Å². The van der Waals surface area contributed by atoms with Crippen LogP contribution in [0, 0.1) is 0 Å². The molecule has 0 radical (unpaired) electrons. The SMILES string of the molecule is CSCC(=O)c1cccnc1. The summed E-state index contributed by atoms with van der Waals surface area (Å²) in [6, 6.07) is 3.55. The van der Waals surface area contributed by atoms with Gasteiger partial charge in [0.05, 0.1) is 5.75 Å². The molecule has 1 heterocycles. The van der Waals surface area contributed by atoms with Crippen LogP contribution in [-0.2, 0) is 0 Å². The van der Waals surface area contributed by atoms with Crippen LogP contribution in [0.25, 0.3) is 0 Å². The molecule has 0 N–H and O–H groups in total. The third kappa shape index (κ3) is 2.35. The largest absolute Gasteiger partial charge is 0.293 e. The lowest BCUT2D eigenvalue weighted by molar-refractivity contribution is 0.102. The summed E-state index contributed by atoms with van der Waals surface area (Å²) >= 11 is 1.53. The first kappa shape index (κ1) is 8.27.